The van der Waals surface area contributed by atoms with Gasteiger partial charge in [-0.05, 0) is 38.9 Å². The number of pyridine rings is 1. The highest BCUT2D eigenvalue weighted by Crippen LogP contribution is 2.28. The maximum Gasteiger partial charge on any atom is 0.0670 e. The van der Waals surface area contributed by atoms with E-state index in [1.165, 1.54) is 38.5 Å². The van der Waals surface area contributed by atoms with Crippen LogP contribution in [0.2, 0.25) is 0 Å². The van der Waals surface area contributed by atoms with Gasteiger partial charge in [0.2, 0.25) is 0 Å². The molecule has 0 saturated heterocycles. The van der Waals surface area contributed by atoms with Crippen LogP contribution in [-0.4, -0.2) is 29.0 Å². The zero-order chi connectivity index (χ0) is 13.7. The van der Waals surface area contributed by atoms with Gasteiger partial charge in [0.1, 0.15) is 0 Å². The van der Waals surface area contributed by atoms with Gasteiger partial charge in [-0.25, -0.2) is 0 Å². The van der Waals surface area contributed by atoms with E-state index in [9.17, 15) is 0 Å². The Bertz CT molecular complexity index is 356. The lowest BCUT2D eigenvalue weighted by atomic mass is 9.99. The monoisotopic (exact) mass is 261 g/mol. The van der Waals surface area contributed by atoms with Crippen molar-refractivity contribution in [2.24, 2.45) is 5.73 Å². The highest BCUT2D eigenvalue weighted by atomic mass is 15.2. The molecule has 2 atom stereocenters. The lowest BCUT2D eigenvalue weighted by Crippen LogP contribution is -2.43. The third-order valence-corrected chi connectivity index (χ3v) is 4.33. The summed E-state index contributed by atoms with van der Waals surface area (Å²) in [5.41, 5.74) is 7.33. The molecule has 1 aromatic heterocycles. The summed E-state index contributed by atoms with van der Waals surface area (Å²) in [6.45, 7) is 2.09. The Morgan fingerprint density at radius 3 is 2.42 bits per heavy atom. The van der Waals surface area contributed by atoms with E-state index in [4.69, 9.17) is 5.73 Å². The fourth-order valence-corrected chi connectivity index (χ4v) is 3.29. The van der Waals surface area contributed by atoms with E-state index in [1.807, 2.05) is 12.3 Å². The van der Waals surface area contributed by atoms with Crippen LogP contribution in [0.25, 0.3) is 0 Å². The second-order valence-corrected chi connectivity index (χ2v) is 5.87. The van der Waals surface area contributed by atoms with Crippen molar-refractivity contribution in [1.29, 1.82) is 0 Å². The standard InChI is InChI=1S/C16H27N3/c1-13(17)16(15-11-7-8-12-18-15)19(2)14-9-5-3-4-6-10-14/h7-8,11-14,16H,3-6,9-10,17H2,1-2H3. The van der Waals surface area contributed by atoms with Crippen LogP contribution in [0.4, 0.5) is 0 Å². The normalized spacial score (nSPS) is 21.1. The lowest BCUT2D eigenvalue weighted by molar-refractivity contribution is 0.138. The van der Waals surface area contributed by atoms with Gasteiger partial charge < -0.3 is 5.73 Å². The fourth-order valence-electron chi connectivity index (χ4n) is 3.29. The number of aromatic nitrogens is 1. The topological polar surface area (TPSA) is 42.1 Å². The Labute approximate surface area is 117 Å². The minimum absolute atomic E-state index is 0.100. The summed E-state index contributed by atoms with van der Waals surface area (Å²) in [5.74, 6) is 0. The van der Waals surface area contributed by atoms with Crippen molar-refractivity contribution in [2.75, 3.05) is 7.05 Å². The summed E-state index contributed by atoms with van der Waals surface area (Å²) < 4.78 is 0. The molecule has 1 saturated carbocycles. The molecule has 19 heavy (non-hydrogen) atoms. The van der Waals surface area contributed by atoms with E-state index < -0.39 is 0 Å². The largest absolute Gasteiger partial charge is 0.326 e. The third-order valence-electron chi connectivity index (χ3n) is 4.33. The van der Waals surface area contributed by atoms with E-state index >= 15 is 0 Å². The van der Waals surface area contributed by atoms with Crippen LogP contribution in [0.5, 0.6) is 0 Å². The third kappa shape index (κ3) is 3.77. The zero-order valence-electron chi connectivity index (χ0n) is 12.3. The number of hydrogen-bond acceptors (Lipinski definition) is 3. The number of likely N-dealkylation sites (N-methyl/N-ethyl adjacent to an activating group) is 1. The molecule has 2 rings (SSSR count). The first-order valence-electron chi connectivity index (χ1n) is 7.58. The molecule has 2 unspecified atom stereocenters. The highest BCUT2D eigenvalue weighted by Gasteiger charge is 2.28. The second-order valence-electron chi connectivity index (χ2n) is 5.87. The summed E-state index contributed by atoms with van der Waals surface area (Å²) in [7, 11) is 2.22. The Hall–Kier alpha value is -0.930. The molecule has 0 aliphatic heterocycles. The maximum atomic E-state index is 6.23. The van der Waals surface area contributed by atoms with E-state index in [0.717, 1.165) is 5.69 Å². The molecule has 2 N–H and O–H groups in total. The SMILES string of the molecule is CC(N)C(c1ccccn1)N(C)C1CCCCCC1. The smallest absolute Gasteiger partial charge is 0.0670 e. The predicted molar refractivity (Wildman–Crippen MR) is 79.9 cm³/mol. The molecule has 1 heterocycles. The maximum absolute atomic E-state index is 6.23. The summed E-state index contributed by atoms with van der Waals surface area (Å²) in [6, 6.07) is 7.10. The minimum atomic E-state index is 0.100. The van der Waals surface area contributed by atoms with Gasteiger partial charge in [-0.15, -0.1) is 0 Å². The molecule has 0 spiro atoms. The van der Waals surface area contributed by atoms with Crippen molar-refractivity contribution in [1.82, 2.24) is 9.88 Å². The number of hydrogen-bond donors (Lipinski definition) is 1. The Morgan fingerprint density at radius 1 is 1.21 bits per heavy atom. The number of nitrogens with two attached hydrogens (primary N) is 1. The summed E-state index contributed by atoms with van der Waals surface area (Å²) in [5, 5.41) is 0. The molecule has 0 aromatic carbocycles. The van der Waals surface area contributed by atoms with Crippen LogP contribution < -0.4 is 5.73 Å². The van der Waals surface area contributed by atoms with Gasteiger partial charge in [-0.1, -0.05) is 31.7 Å². The van der Waals surface area contributed by atoms with E-state index in [0.29, 0.717) is 6.04 Å². The molecule has 3 nitrogen and oxygen atoms in total. The van der Waals surface area contributed by atoms with Gasteiger partial charge in [-0.3, -0.25) is 9.88 Å². The first-order valence-corrected chi connectivity index (χ1v) is 7.58. The molecule has 1 aromatic rings. The molecule has 0 bridgehead atoms. The van der Waals surface area contributed by atoms with Crippen molar-refractivity contribution < 1.29 is 0 Å². The lowest BCUT2D eigenvalue weighted by Gasteiger charge is -2.36. The predicted octanol–water partition coefficient (Wildman–Crippen LogP) is 3.12. The van der Waals surface area contributed by atoms with Gasteiger partial charge in [-0.2, -0.15) is 0 Å². The summed E-state index contributed by atoms with van der Waals surface area (Å²) >= 11 is 0. The highest BCUT2D eigenvalue weighted by molar-refractivity contribution is 5.11. The molecular weight excluding hydrogens is 234 g/mol. The molecule has 0 radical (unpaired) electrons. The van der Waals surface area contributed by atoms with Gasteiger partial charge in [0, 0.05) is 18.3 Å². The van der Waals surface area contributed by atoms with E-state index in [-0.39, 0.29) is 12.1 Å². The average Bonchev–Trinajstić information content (AvgIpc) is 2.68. The van der Waals surface area contributed by atoms with Crippen LogP contribution in [0.15, 0.2) is 24.4 Å². The molecule has 3 heteroatoms. The van der Waals surface area contributed by atoms with Crippen molar-refractivity contribution in [3.63, 3.8) is 0 Å². The van der Waals surface area contributed by atoms with Crippen LogP contribution in [0, 0.1) is 0 Å². The van der Waals surface area contributed by atoms with Crippen molar-refractivity contribution in [2.45, 2.75) is 63.6 Å². The minimum Gasteiger partial charge on any atom is -0.326 e. The summed E-state index contributed by atoms with van der Waals surface area (Å²) in [6.07, 6.45) is 9.93. The van der Waals surface area contributed by atoms with Gasteiger partial charge in [0.05, 0.1) is 11.7 Å². The van der Waals surface area contributed by atoms with Crippen LogP contribution in [0.1, 0.15) is 57.2 Å². The van der Waals surface area contributed by atoms with Gasteiger partial charge in [0.15, 0.2) is 0 Å². The average molecular weight is 261 g/mol. The van der Waals surface area contributed by atoms with Crippen LogP contribution in [-0.2, 0) is 0 Å². The zero-order valence-corrected chi connectivity index (χ0v) is 12.3. The fraction of sp³-hybridized carbons (Fsp3) is 0.688. The van der Waals surface area contributed by atoms with Crippen molar-refractivity contribution >= 4 is 0 Å². The quantitative estimate of drug-likeness (QED) is 0.847. The molecule has 1 fully saturated rings. The van der Waals surface area contributed by atoms with Crippen LogP contribution in [0.3, 0.4) is 0 Å². The van der Waals surface area contributed by atoms with Crippen LogP contribution >= 0.6 is 0 Å². The number of rotatable bonds is 4. The number of nitrogens with zero attached hydrogens (tertiary/aromatic N) is 2. The van der Waals surface area contributed by atoms with Crippen molar-refractivity contribution in [3.05, 3.63) is 30.1 Å². The first kappa shape index (κ1) is 14.5. The summed E-state index contributed by atoms with van der Waals surface area (Å²) in [4.78, 5) is 6.99. The van der Waals surface area contributed by atoms with Gasteiger partial charge >= 0.3 is 0 Å². The first-order chi connectivity index (χ1) is 9.20. The molecule has 0 amide bonds. The molecule has 1 aliphatic rings. The second kappa shape index (κ2) is 7.01. The van der Waals surface area contributed by atoms with Gasteiger partial charge in [0.25, 0.3) is 0 Å². The molecule has 106 valence electrons. The van der Waals surface area contributed by atoms with Crippen molar-refractivity contribution in [3.8, 4) is 0 Å². The molecule has 1 aliphatic carbocycles. The molecular formula is C16H27N3. The Morgan fingerprint density at radius 2 is 1.89 bits per heavy atom. The Balaban J connectivity index is 2.14. The van der Waals surface area contributed by atoms with E-state index in [2.05, 4.69) is 36.0 Å². The van der Waals surface area contributed by atoms with E-state index in [1.54, 1.807) is 0 Å². The Kier molecular flexibility index (Phi) is 5.34.